The van der Waals surface area contributed by atoms with Gasteiger partial charge in [-0.3, -0.25) is 0 Å². The maximum absolute atomic E-state index is 10.8. The van der Waals surface area contributed by atoms with Crippen molar-refractivity contribution in [3.8, 4) is 5.75 Å². The van der Waals surface area contributed by atoms with Gasteiger partial charge >= 0.3 is 0 Å². The largest absolute Gasteiger partial charge is 0.497 e. The smallest absolute Gasteiger partial charge is 0.180 e. The van der Waals surface area contributed by atoms with Crippen molar-refractivity contribution in [2.75, 3.05) is 12.8 Å². The van der Waals surface area contributed by atoms with E-state index in [2.05, 4.69) is 17.1 Å². The van der Waals surface area contributed by atoms with Crippen LogP contribution in [0.3, 0.4) is 0 Å². The number of nitrogens with two attached hydrogens (primary N) is 1. The number of aliphatic hydroxyl groups is 1. The lowest BCUT2D eigenvalue weighted by Gasteiger charge is -2.29. The average Bonchev–Trinajstić information content (AvgIpc) is 3.06. The highest BCUT2D eigenvalue weighted by atomic mass is 32.1. The van der Waals surface area contributed by atoms with Crippen LogP contribution in [0, 0.1) is 5.92 Å². The molecule has 1 aromatic carbocycles. The average molecular weight is 346 g/mol. The molecule has 0 amide bonds. The highest BCUT2D eigenvalue weighted by Gasteiger charge is 2.27. The predicted octanol–water partition coefficient (Wildman–Crippen LogP) is 4.20. The topological polar surface area (TPSA) is 68.4 Å². The van der Waals surface area contributed by atoms with Crippen LogP contribution < -0.4 is 10.5 Å². The molecule has 24 heavy (non-hydrogen) atoms. The van der Waals surface area contributed by atoms with Crippen molar-refractivity contribution in [1.82, 2.24) is 4.98 Å². The number of aliphatic hydroxyl groups excluding tert-OH is 1. The monoisotopic (exact) mass is 346 g/mol. The first-order valence-electron chi connectivity index (χ1n) is 8.70. The summed E-state index contributed by atoms with van der Waals surface area (Å²) in [5.74, 6) is 1.32. The van der Waals surface area contributed by atoms with Gasteiger partial charge in [0, 0.05) is 11.3 Å². The third kappa shape index (κ3) is 4.08. The van der Waals surface area contributed by atoms with Crippen molar-refractivity contribution >= 4 is 16.5 Å². The van der Waals surface area contributed by atoms with Crippen LogP contribution in [0.1, 0.15) is 55.7 Å². The summed E-state index contributed by atoms with van der Waals surface area (Å²) in [6.45, 7) is 0. The second-order valence-electron chi connectivity index (χ2n) is 6.64. The molecular formula is C19H26N2O2S. The Labute approximate surface area is 147 Å². The zero-order chi connectivity index (χ0) is 16.9. The van der Waals surface area contributed by atoms with Crippen LogP contribution in [0.15, 0.2) is 29.6 Å². The molecule has 1 fully saturated rings. The Balaban J connectivity index is 1.81. The van der Waals surface area contributed by atoms with E-state index in [0.29, 0.717) is 17.5 Å². The fourth-order valence-electron chi connectivity index (χ4n) is 3.68. The minimum absolute atomic E-state index is 0.0707. The van der Waals surface area contributed by atoms with Crippen LogP contribution in [-0.4, -0.2) is 23.3 Å². The number of nitrogens with zero attached hydrogens (tertiary/aromatic N) is 1. The van der Waals surface area contributed by atoms with Gasteiger partial charge in [0.05, 0.1) is 18.9 Å². The molecule has 1 aliphatic rings. The Morgan fingerprint density at radius 1 is 1.25 bits per heavy atom. The van der Waals surface area contributed by atoms with Gasteiger partial charge in [-0.2, -0.15) is 0 Å². The molecule has 1 saturated carbocycles. The van der Waals surface area contributed by atoms with Crippen LogP contribution in [-0.2, 0) is 0 Å². The number of aromatic nitrogens is 1. The molecule has 0 bridgehead atoms. The van der Waals surface area contributed by atoms with E-state index < -0.39 is 0 Å². The first kappa shape index (κ1) is 17.2. The number of ether oxygens (including phenoxy) is 1. The van der Waals surface area contributed by atoms with E-state index in [-0.39, 0.29) is 12.0 Å². The first-order valence-corrected chi connectivity index (χ1v) is 9.58. The number of anilines is 1. The summed E-state index contributed by atoms with van der Waals surface area (Å²) in [7, 11) is 1.67. The summed E-state index contributed by atoms with van der Waals surface area (Å²) in [5.41, 5.74) is 7.94. The second-order valence-corrected chi connectivity index (χ2v) is 7.53. The molecule has 1 aromatic heterocycles. The van der Waals surface area contributed by atoms with E-state index in [1.165, 1.54) is 30.6 Å². The fourth-order valence-corrected chi connectivity index (χ4v) is 4.29. The molecule has 2 aromatic rings. The molecule has 3 rings (SSSR count). The molecule has 1 heterocycles. The van der Waals surface area contributed by atoms with Gasteiger partial charge in [0.25, 0.3) is 0 Å². The van der Waals surface area contributed by atoms with E-state index in [9.17, 15) is 5.11 Å². The number of hydrogen-bond donors (Lipinski definition) is 2. The summed E-state index contributed by atoms with van der Waals surface area (Å²) in [6, 6.07) is 8.05. The maximum Gasteiger partial charge on any atom is 0.180 e. The number of hydrogen-bond acceptors (Lipinski definition) is 5. The van der Waals surface area contributed by atoms with Gasteiger partial charge in [0.2, 0.25) is 0 Å². The summed E-state index contributed by atoms with van der Waals surface area (Å²) in [4.78, 5) is 4.48. The Kier molecular flexibility index (Phi) is 5.74. The lowest BCUT2D eigenvalue weighted by Crippen LogP contribution is -2.25. The molecule has 0 aliphatic heterocycles. The minimum atomic E-state index is -0.291. The lowest BCUT2D eigenvalue weighted by atomic mass is 9.80. The summed E-state index contributed by atoms with van der Waals surface area (Å²) in [6.07, 6.45) is 6.44. The van der Waals surface area contributed by atoms with E-state index >= 15 is 0 Å². The van der Waals surface area contributed by atoms with Crippen LogP contribution in [0.5, 0.6) is 5.75 Å². The van der Waals surface area contributed by atoms with Crippen molar-refractivity contribution in [1.29, 1.82) is 0 Å². The summed E-state index contributed by atoms with van der Waals surface area (Å²) in [5, 5.41) is 13.4. The highest BCUT2D eigenvalue weighted by Crippen LogP contribution is 2.36. The van der Waals surface area contributed by atoms with Crippen molar-refractivity contribution in [2.24, 2.45) is 5.92 Å². The van der Waals surface area contributed by atoms with Gasteiger partial charge in [-0.1, -0.05) is 31.4 Å². The molecule has 1 aliphatic carbocycles. The van der Waals surface area contributed by atoms with E-state index in [1.54, 1.807) is 7.11 Å². The third-order valence-electron chi connectivity index (χ3n) is 5.09. The molecule has 5 heteroatoms. The molecule has 0 spiro atoms. The van der Waals surface area contributed by atoms with Crippen LogP contribution >= 0.6 is 11.3 Å². The lowest BCUT2D eigenvalue weighted by molar-refractivity contribution is 0.0734. The zero-order valence-corrected chi connectivity index (χ0v) is 15.0. The number of rotatable bonds is 6. The Morgan fingerprint density at radius 3 is 2.54 bits per heavy atom. The summed E-state index contributed by atoms with van der Waals surface area (Å²) < 4.78 is 5.25. The van der Waals surface area contributed by atoms with E-state index in [1.807, 2.05) is 17.5 Å². The van der Waals surface area contributed by atoms with Gasteiger partial charge in [0.15, 0.2) is 5.13 Å². The maximum atomic E-state index is 10.8. The molecule has 2 atom stereocenters. The first-order chi connectivity index (χ1) is 11.7. The van der Waals surface area contributed by atoms with Crippen molar-refractivity contribution < 1.29 is 9.84 Å². The molecular weight excluding hydrogens is 320 g/mol. The Hall–Kier alpha value is -1.59. The number of benzene rings is 1. The summed E-state index contributed by atoms with van der Waals surface area (Å²) >= 11 is 1.46. The van der Waals surface area contributed by atoms with Crippen LogP contribution in [0.2, 0.25) is 0 Å². The minimum Gasteiger partial charge on any atom is -0.497 e. The van der Waals surface area contributed by atoms with Crippen LogP contribution in [0.4, 0.5) is 5.13 Å². The van der Waals surface area contributed by atoms with Crippen molar-refractivity contribution in [3.63, 3.8) is 0 Å². The highest BCUT2D eigenvalue weighted by molar-refractivity contribution is 7.13. The fraction of sp³-hybridized carbons (Fsp3) is 0.526. The van der Waals surface area contributed by atoms with Crippen molar-refractivity contribution in [3.05, 3.63) is 40.9 Å². The van der Waals surface area contributed by atoms with Gasteiger partial charge in [-0.15, -0.1) is 11.3 Å². The van der Waals surface area contributed by atoms with Gasteiger partial charge in [0.1, 0.15) is 5.75 Å². The molecule has 2 unspecified atom stereocenters. The van der Waals surface area contributed by atoms with Gasteiger partial charge < -0.3 is 15.6 Å². The van der Waals surface area contributed by atoms with Crippen molar-refractivity contribution in [2.45, 2.75) is 50.5 Å². The number of thiazole rings is 1. The standard InChI is InChI=1S/C19H26N2O2S/c1-23-15-9-7-13(8-10-15)16(17-12-24-19(20)21-17)11-18(22)14-5-3-2-4-6-14/h7-10,12,14,16,18,22H,2-6,11H2,1H3,(H2,20,21). The molecule has 0 radical (unpaired) electrons. The Morgan fingerprint density at radius 2 is 1.96 bits per heavy atom. The third-order valence-corrected chi connectivity index (χ3v) is 5.78. The normalized spacial score (nSPS) is 18.2. The van der Waals surface area contributed by atoms with E-state index in [4.69, 9.17) is 10.5 Å². The Bertz CT molecular complexity index is 635. The molecule has 4 nitrogen and oxygen atoms in total. The predicted molar refractivity (Wildman–Crippen MR) is 98.6 cm³/mol. The number of methoxy groups -OCH3 is 1. The number of nitrogen functional groups attached to an aromatic ring is 1. The van der Waals surface area contributed by atoms with Gasteiger partial charge in [-0.05, 0) is 42.9 Å². The molecule has 130 valence electrons. The zero-order valence-electron chi connectivity index (χ0n) is 14.1. The SMILES string of the molecule is COc1ccc(C(CC(O)C2CCCCC2)c2csc(N)n2)cc1. The molecule has 0 saturated heterocycles. The quantitative estimate of drug-likeness (QED) is 0.822. The van der Waals surface area contributed by atoms with E-state index in [0.717, 1.165) is 29.8 Å². The van der Waals surface area contributed by atoms with Crippen LogP contribution in [0.25, 0.3) is 0 Å². The molecule has 3 N–H and O–H groups in total. The van der Waals surface area contributed by atoms with Gasteiger partial charge in [-0.25, -0.2) is 4.98 Å². The second kappa shape index (κ2) is 7.99.